The fourth-order valence-corrected chi connectivity index (χ4v) is 2.69. The summed E-state index contributed by atoms with van der Waals surface area (Å²) in [5, 5.41) is 13.8. The van der Waals surface area contributed by atoms with E-state index >= 15 is 0 Å². The molecule has 110 valence electrons. The molecule has 6 nitrogen and oxygen atoms in total. The molecule has 1 unspecified atom stereocenters. The Kier molecular flexibility index (Phi) is 4.03. The van der Waals surface area contributed by atoms with Gasteiger partial charge in [-0.1, -0.05) is 27.1 Å². The lowest BCUT2D eigenvalue weighted by molar-refractivity contribution is 0.102. The average molecular weight is 351 g/mol. The summed E-state index contributed by atoms with van der Waals surface area (Å²) in [7, 11) is 0. The fraction of sp³-hybridized carbons (Fsp3) is 0.357. The summed E-state index contributed by atoms with van der Waals surface area (Å²) in [4.78, 5) is 12.2. The fourth-order valence-electron chi connectivity index (χ4n) is 2.32. The zero-order valence-corrected chi connectivity index (χ0v) is 13.1. The first-order valence-electron chi connectivity index (χ1n) is 6.78. The molecule has 0 spiro atoms. The molecule has 21 heavy (non-hydrogen) atoms. The molecular weight excluding hydrogens is 336 g/mol. The van der Waals surface area contributed by atoms with Crippen molar-refractivity contribution in [3.8, 4) is 0 Å². The number of benzene rings is 1. The van der Waals surface area contributed by atoms with Crippen molar-refractivity contribution in [1.82, 2.24) is 15.5 Å². The SMILES string of the molecule is Cc1ccc(Br)cc1C(=O)Nc1nnc(C2CCCN2)o1. The number of carbonyl (C=O) groups is 1. The molecule has 0 saturated carbocycles. The standard InChI is InChI=1S/C14H15BrN4O2/c1-8-4-5-9(15)7-10(8)12(20)17-14-19-18-13(21-14)11-3-2-6-16-11/h4-5,7,11,16H,2-3,6H2,1H3,(H,17,19,20). The molecule has 2 aromatic rings. The van der Waals surface area contributed by atoms with Gasteiger partial charge in [0.1, 0.15) is 0 Å². The van der Waals surface area contributed by atoms with Crippen molar-refractivity contribution >= 4 is 27.9 Å². The van der Waals surface area contributed by atoms with Crippen LogP contribution in [0.2, 0.25) is 0 Å². The predicted molar refractivity (Wildman–Crippen MR) is 81.1 cm³/mol. The predicted octanol–water partition coefficient (Wildman–Crippen LogP) is 2.82. The summed E-state index contributed by atoms with van der Waals surface area (Å²) in [5.74, 6) is 0.261. The molecule has 1 saturated heterocycles. The zero-order valence-electron chi connectivity index (χ0n) is 11.5. The van der Waals surface area contributed by atoms with Crippen molar-refractivity contribution in [1.29, 1.82) is 0 Å². The van der Waals surface area contributed by atoms with Gasteiger partial charge in [-0.25, -0.2) is 0 Å². The number of hydrogen-bond donors (Lipinski definition) is 2. The molecule has 0 bridgehead atoms. The molecule has 1 aromatic carbocycles. The summed E-state index contributed by atoms with van der Waals surface area (Å²) in [6, 6.07) is 5.75. The highest BCUT2D eigenvalue weighted by Gasteiger charge is 2.22. The minimum absolute atomic E-state index is 0.0933. The number of nitrogens with one attached hydrogen (secondary N) is 2. The molecule has 2 heterocycles. The molecule has 3 rings (SSSR count). The van der Waals surface area contributed by atoms with Crippen LogP contribution in [0.3, 0.4) is 0 Å². The van der Waals surface area contributed by atoms with E-state index in [-0.39, 0.29) is 18.0 Å². The van der Waals surface area contributed by atoms with Crippen LogP contribution in [0.15, 0.2) is 27.1 Å². The van der Waals surface area contributed by atoms with Crippen LogP contribution in [0.1, 0.15) is 40.7 Å². The largest absolute Gasteiger partial charge is 0.406 e. The maximum atomic E-state index is 12.2. The summed E-state index contributed by atoms with van der Waals surface area (Å²) < 4.78 is 6.35. The van der Waals surface area contributed by atoms with E-state index in [1.54, 1.807) is 6.07 Å². The van der Waals surface area contributed by atoms with Gasteiger partial charge in [0.05, 0.1) is 6.04 Å². The first-order valence-corrected chi connectivity index (χ1v) is 7.57. The van der Waals surface area contributed by atoms with Gasteiger partial charge in [-0.2, -0.15) is 0 Å². The molecular formula is C14H15BrN4O2. The summed E-state index contributed by atoms with van der Waals surface area (Å²) in [6.45, 7) is 2.83. The van der Waals surface area contributed by atoms with E-state index in [0.29, 0.717) is 11.5 Å². The molecule has 2 N–H and O–H groups in total. The number of halogens is 1. The van der Waals surface area contributed by atoms with Crippen LogP contribution < -0.4 is 10.6 Å². The molecule has 1 atom stereocenters. The van der Waals surface area contributed by atoms with E-state index in [9.17, 15) is 4.79 Å². The van der Waals surface area contributed by atoms with E-state index in [1.807, 2.05) is 19.1 Å². The number of carbonyl (C=O) groups excluding carboxylic acids is 1. The Labute approximate surface area is 130 Å². The number of nitrogens with zero attached hydrogens (tertiary/aromatic N) is 2. The molecule has 1 aliphatic heterocycles. The third-order valence-corrected chi connectivity index (χ3v) is 3.96. The average Bonchev–Trinajstić information content (AvgIpc) is 3.11. The second-order valence-electron chi connectivity index (χ2n) is 5.01. The van der Waals surface area contributed by atoms with Gasteiger partial charge in [-0.15, -0.1) is 5.10 Å². The monoisotopic (exact) mass is 350 g/mol. The van der Waals surface area contributed by atoms with E-state index < -0.39 is 0 Å². The smallest absolute Gasteiger partial charge is 0.322 e. The zero-order chi connectivity index (χ0) is 14.8. The number of aryl methyl sites for hydroxylation is 1. The Morgan fingerprint density at radius 3 is 3.10 bits per heavy atom. The Morgan fingerprint density at radius 1 is 1.48 bits per heavy atom. The van der Waals surface area contributed by atoms with Crippen molar-refractivity contribution < 1.29 is 9.21 Å². The molecule has 1 fully saturated rings. The minimum Gasteiger partial charge on any atom is -0.406 e. The maximum Gasteiger partial charge on any atom is 0.322 e. The summed E-state index contributed by atoms with van der Waals surface area (Å²) >= 11 is 3.36. The van der Waals surface area contributed by atoms with Gasteiger partial charge in [0.2, 0.25) is 5.89 Å². The molecule has 0 radical (unpaired) electrons. The van der Waals surface area contributed by atoms with Crippen LogP contribution in [-0.4, -0.2) is 22.6 Å². The topological polar surface area (TPSA) is 80.0 Å². The van der Waals surface area contributed by atoms with E-state index in [4.69, 9.17) is 4.42 Å². The highest BCUT2D eigenvalue weighted by Crippen LogP contribution is 2.23. The Balaban J connectivity index is 1.74. The number of anilines is 1. The maximum absolute atomic E-state index is 12.2. The van der Waals surface area contributed by atoms with Gasteiger partial charge >= 0.3 is 6.01 Å². The number of amides is 1. The van der Waals surface area contributed by atoms with Crippen molar-refractivity contribution in [3.05, 3.63) is 39.7 Å². The summed E-state index contributed by atoms with van der Waals surface area (Å²) in [5.41, 5.74) is 1.45. The highest BCUT2D eigenvalue weighted by atomic mass is 79.9. The third-order valence-electron chi connectivity index (χ3n) is 3.46. The van der Waals surface area contributed by atoms with Gasteiger partial charge in [0.15, 0.2) is 0 Å². The lowest BCUT2D eigenvalue weighted by Gasteiger charge is -2.05. The Bertz CT molecular complexity index is 665. The van der Waals surface area contributed by atoms with Gasteiger partial charge < -0.3 is 9.73 Å². The molecule has 0 aliphatic carbocycles. The summed E-state index contributed by atoms with van der Waals surface area (Å²) in [6.07, 6.45) is 2.06. The normalized spacial score (nSPS) is 17.9. The Hall–Kier alpha value is -1.73. The van der Waals surface area contributed by atoms with Crippen LogP contribution >= 0.6 is 15.9 Å². The van der Waals surface area contributed by atoms with Crippen LogP contribution in [0.5, 0.6) is 0 Å². The second-order valence-corrected chi connectivity index (χ2v) is 5.92. The van der Waals surface area contributed by atoms with Crippen LogP contribution in [-0.2, 0) is 0 Å². The lowest BCUT2D eigenvalue weighted by atomic mass is 10.1. The molecule has 1 amide bonds. The Morgan fingerprint density at radius 2 is 2.33 bits per heavy atom. The second kappa shape index (κ2) is 5.95. The van der Waals surface area contributed by atoms with Gasteiger partial charge in [0.25, 0.3) is 5.91 Å². The van der Waals surface area contributed by atoms with Crippen LogP contribution in [0.4, 0.5) is 6.01 Å². The third kappa shape index (κ3) is 3.14. The van der Waals surface area contributed by atoms with Crippen LogP contribution in [0.25, 0.3) is 0 Å². The van der Waals surface area contributed by atoms with Gasteiger partial charge in [0, 0.05) is 10.0 Å². The van der Waals surface area contributed by atoms with Crippen molar-refractivity contribution in [2.45, 2.75) is 25.8 Å². The molecule has 7 heteroatoms. The molecule has 1 aromatic heterocycles. The van der Waals surface area contributed by atoms with E-state index in [2.05, 4.69) is 36.8 Å². The van der Waals surface area contributed by atoms with Gasteiger partial charge in [-0.05, 0) is 44.0 Å². The first-order chi connectivity index (χ1) is 10.1. The molecule has 1 aliphatic rings. The van der Waals surface area contributed by atoms with Crippen molar-refractivity contribution in [2.75, 3.05) is 11.9 Å². The van der Waals surface area contributed by atoms with Crippen molar-refractivity contribution in [2.24, 2.45) is 0 Å². The number of aromatic nitrogens is 2. The first kappa shape index (κ1) is 14.2. The van der Waals surface area contributed by atoms with Crippen molar-refractivity contribution in [3.63, 3.8) is 0 Å². The van der Waals surface area contributed by atoms with Gasteiger partial charge in [-0.3, -0.25) is 10.1 Å². The lowest BCUT2D eigenvalue weighted by Crippen LogP contribution is -2.14. The minimum atomic E-state index is -0.261. The van der Waals surface area contributed by atoms with Crippen LogP contribution in [0, 0.1) is 6.92 Å². The van der Waals surface area contributed by atoms with E-state index in [1.165, 1.54) is 0 Å². The number of rotatable bonds is 3. The quantitative estimate of drug-likeness (QED) is 0.889. The number of hydrogen-bond acceptors (Lipinski definition) is 5. The van der Waals surface area contributed by atoms with E-state index in [0.717, 1.165) is 29.4 Å². The highest BCUT2D eigenvalue weighted by molar-refractivity contribution is 9.10.